The van der Waals surface area contributed by atoms with Crippen molar-refractivity contribution in [3.63, 3.8) is 0 Å². The number of aryl methyl sites for hydroxylation is 3. The Labute approximate surface area is 213 Å². The van der Waals surface area contributed by atoms with Gasteiger partial charge in [0, 0.05) is 31.9 Å². The summed E-state index contributed by atoms with van der Waals surface area (Å²) in [5.41, 5.74) is 4.91. The first-order valence-corrected chi connectivity index (χ1v) is 13.5. The number of anilines is 1. The molecule has 0 saturated carbocycles. The van der Waals surface area contributed by atoms with E-state index in [4.69, 9.17) is 9.72 Å². The summed E-state index contributed by atoms with van der Waals surface area (Å²) in [6, 6.07) is 6.54. The molecule has 1 fully saturated rings. The van der Waals surface area contributed by atoms with Gasteiger partial charge in [-0.1, -0.05) is 26.3 Å². The third kappa shape index (κ3) is 5.28. The molecule has 1 saturated heterocycles. The van der Waals surface area contributed by atoms with E-state index in [9.17, 15) is 14.3 Å². The Kier molecular flexibility index (Phi) is 7.31. The summed E-state index contributed by atoms with van der Waals surface area (Å²) in [6.45, 7) is 7.07. The Hall–Kier alpha value is -2.51. The van der Waals surface area contributed by atoms with E-state index >= 15 is 0 Å². The third-order valence-corrected chi connectivity index (χ3v) is 8.06. The molecule has 1 aromatic heterocycles. The quantitative estimate of drug-likeness (QED) is 0.450. The van der Waals surface area contributed by atoms with Gasteiger partial charge in [-0.3, -0.25) is 9.69 Å². The molecule has 0 spiro atoms. The van der Waals surface area contributed by atoms with Crippen molar-refractivity contribution >= 4 is 11.8 Å². The van der Waals surface area contributed by atoms with E-state index in [0.29, 0.717) is 25.3 Å². The van der Waals surface area contributed by atoms with Crippen molar-refractivity contribution in [1.29, 1.82) is 0 Å². The number of nitrogens with zero attached hydrogens (tertiary/aromatic N) is 2. The maximum absolute atomic E-state index is 14.4. The molecule has 194 valence electrons. The minimum atomic E-state index is -0.921. The van der Waals surface area contributed by atoms with E-state index < -0.39 is 12.0 Å². The van der Waals surface area contributed by atoms with Gasteiger partial charge in [0.2, 0.25) is 0 Å². The average Bonchev–Trinajstić information content (AvgIpc) is 3.12. The van der Waals surface area contributed by atoms with Gasteiger partial charge in [0.1, 0.15) is 17.7 Å². The lowest BCUT2D eigenvalue weighted by Crippen LogP contribution is -2.55. The molecule has 1 unspecified atom stereocenters. The number of hydrogen-bond acceptors (Lipinski definition) is 5. The van der Waals surface area contributed by atoms with Gasteiger partial charge in [0.05, 0.1) is 6.10 Å². The number of aliphatic carboxylic acids is 1. The summed E-state index contributed by atoms with van der Waals surface area (Å²) in [4.78, 5) is 18.9. The van der Waals surface area contributed by atoms with Crippen LogP contribution in [0.1, 0.15) is 79.9 Å². The number of ether oxygens (including phenoxy) is 1. The summed E-state index contributed by atoms with van der Waals surface area (Å²) in [7, 11) is 0. The Bertz CT molecular complexity index is 1110. The van der Waals surface area contributed by atoms with Gasteiger partial charge in [-0.2, -0.15) is 0 Å². The highest BCUT2D eigenvalue weighted by molar-refractivity contribution is 5.77. The van der Waals surface area contributed by atoms with Crippen LogP contribution in [0.2, 0.25) is 0 Å². The molecule has 1 aliphatic carbocycles. The molecular weight excluding hydrogens is 457 g/mol. The summed E-state index contributed by atoms with van der Waals surface area (Å²) in [5.74, 6) is -0.208. The normalized spacial score (nSPS) is 19.8. The zero-order chi connectivity index (χ0) is 25.3. The molecule has 0 radical (unpaired) electrons. The van der Waals surface area contributed by atoms with Gasteiger partial charge < -0.3 is 15.2 Å². The minimum absolute atomic E-state index is 0.0369. The lowest BCUT2D eigenvalue weighted by molar-refractivity contribution is -0.151. The van der Waals surface area contributed by atoms with Gasteiger partial charge in [-0.15, -0.1) is 0 Å². The predicted molar refractivity (Wildman–Crippen MR) is 138 cm³/mol. The molecule has 0 bridgehead atoms. The highest BCUT2D eigenvalue weighted by Crippen LogP contribution is 2.44. The van der Waals surface area contributed by atoms with Crippen LogP contribution in [0.4, 0.5) is 10.2 Å². The van der Waals surface area contributed by atoms with Gasteiger partial charge in [-0.05, 0) is 90.8 Å². The number of carboxylic acid groups (broad SMARTS) is 1. The number of nitrogens with one attached hydrogen (secondary N) is 1. The van der Waals surface area contributed by atoms with Crippen molar-refractivity contribution in [2.24, 2.45) is 0 Å². The molecule has 1 atom stereocenters. The fourth-order valence-corrected chi connectivity index (χ4v) is 6.11. The van der Waals surface area contributed by atoms with Crippen LogP contribution in [0, 0.1) is 5.82 Å². The summed E-state index contributed by atoms with van der Waals surface area (Å²) < 4.78 is 20.4. The molecule has 3 heterocycles. The highest BCUT2D eigenvalue weighted by atomic mass is 19.1. The summed E-state index contributed by atoms with van der Waals surface area (Å²) in [5, 5.41) is 13.5. The smallest absolute Gasteiger partial charge is 0.325 e. The van der Waals surface area contributed by atoms with E-state index in [2.05, 4.69) is 31.3 Å². The first-order chi connectivity index (χ1) is 17.3. The van der Waals surface area contributed by atoms with Crippen molar-refractivity contribution in [3.05, 3.63) is 58.0 Å². The highest BCUT2D eigenvalue weighted by Gasteiger charge is 2.42. The fourth-order valence-electron chi connectivity index (χ4n) is 6.11. The monoisotopic (exact) mass is 495 g/mol. The zero-order valence-corrected chi connectivity index (χ0v) is 21.5. The topological polar surface area (TPSA) is 74.7 Å². The van der Waals surface area contributed by atoms with Crippen LogP contribution in [0.3, 0.4) is 0 Å². The van der Waals surface area contributed by atoms with Gasteiger partial charge in [0.25, 0.3) is 0 Å². The van der Waals surface area contributed by atoms with E-state index in [1.54, 1.807) is 6.07 Å². The van der Waals surface area contributed by atoms with Crippen LogP contribution in [0.5, 0.6) is 0 Å². The van der Waals surface area contributed by atoms with E-state index in [1.165, 1.54) is 18.1 Å². The molecule has 36 heavy (non-hydrogen) atoms. The number of carbonyl (C=O) groups is 1. The van der Waals surface area contributed by atoms with Crippen LogP contribution in [0.25, 0.3) is 0 Å². The van der Waals surface area contributed by atoms with E-state index in [1.807, 2.05) is 4.90 Å². The number of pyridine rings is 1. The van der Waals surface area contributed by atoms with Gasteiger partial charge in [0.15, 0.2) is 0 Å². The van der Waals surface area contributed by atoms with Crippen LogP contribution in [-0.2, 0) is 34.2 Å². The van der Waals surface area contributed by atoms with Crippen molar-refractivity contribution in [3.8, 4) is 0 Å². The molecule has 0 amide bonds. The van der Waals surface area contributed by atoms with Gasteiger partial charge in [-0.25, -0.2) is 9.37 Å². The zero-order valence-electron chi connectivity index (χ0n) is 21.5. The molecule has 2 aliphatic heterocycles. The second-order valence-electron chi connectivity index (χ2n) is 11.3. The minimum Gasteiger partial charge on any atom is -0.480 e. The Morgan fingerprint density at radius 3 is 2.86 bits per heavy atom. The number of carboxylic acids is 1. The maximum Gasteiger partial charge on any atom is 0.325 e. The number of rotatable bonds is 10. The largest absolute Gasteiger partial charge is 0.480 e. The SMILES string of the molecule is CC1(C)CCc2cc(F)cc(C(C(=O)O)N3CC(OCCCCCc4ccc5c(n4)NCCC5)C3)c21. The van der Waals surface area contributed by atoms with Crippen molar-refractivity contribution in [2.45, 2.75) is 82.8 Å². The Morgan fingerprint density at radius 1 is 1.22 bits per heavy atom. The number of aromatic nitrogens is 1. The van der Waals surface area contributed by atoms with Crippen LogP contribution < -0.4 is 5.32 Å². The number of fused-ring (bicyclic) bond motifs is 2. The second kappa shape index (κ2) is 10.5. The lowest BCUT2D eigenvalue weighted by Gasteiger charge is -2.43. The van der Waals surface area contributed by atoms with Crippen molar-refractivity contribution < 1.29 is 19.0 Å². The Morgan fingerprint density at radius 2 is 2.06 bits per heavy atom. The summed E-state index contributed by atoms with van der Waals surface area (Å²) in [6.07, 6.45) is 8.14. The molecular formula is C29H38FN3O3. The van der Waals surface area contributed by atoms with Crippen molar-refractivity contribution in [1.82, 2.24) is 9.88 Å². The third-order valence-electron chi connectivity index (χ3n) is 8.06. The number of benzene rings is 1. The molecule has 7 heteroatoms. The molecule has 6 nitrogen and oxygen atoms in total. The van der Waals surface area contributed by atoms with E-state index in [0.717, 1.165) is 74.1 Å². The lowest BCUT2D eigenvalue weighted by atomic mass is 9.81. The number of hydrogen-bond donors (Lipinski definition) is 2. The molecule has 5 rings (SSSR count). The standard InChI is InChI=1S/C29H38FN3O3/c1-29(2)12-11-20-15-21(30)16-24(25(20)29)26(28(34)35)33-17-23(18-33)36-14-5-3-4-8-22-10-9-19-7-6-13-31-27(19)32-22/h9-10,15-16,23,26H,3-8,11-14,17-18H2,1-2H3,(H,31,32)(H,34,35). The molecule has 2 aromatic rings. The molecule has 2 N–H and O–H groups in total. The first-order valence-electron chi connectivity index (χ1n) is 13.5. The number of halogens is 1. The van der Waals surface area contributed by atoms with E-state index in [-0.39, 0.29) is 17.3 Å². The molecule has 3 aliphatic rings. The fraction of sp³-hybridized carbons (Fsp3) is 0.586. The van der Waals surface area contributed by atoms with Crippen molar-refractivity contribution in [2.75, 3.05) is 31.6 Å². The molecule has 1 aromatic carbocycles. The number of likely N-dealkylation sites (tertiary alicyclic amines) is 1. The second-order valence-corrected chi connectivity index (χ2v) is 11.3. The first kappa shape index (κ1) is 25.2. The average molecular weight is 496 g/mol. The van der Waals surface area contributed by atoms with Crippen LogP contribution in [-0.4, -0.2) is 53.3 Å². The van der Waals surface area contributed by atoms with Gasteiger partial charge >= 0.3 is 5.97 Å². The van der Waals surface area contributed by atoms with Crippen LogP contribution in [0.15, 0.2) is 24.3 Å². The number of unbranched alkanes of at least 4 members (excludes halogenated alkanes) is 2. The maximum atomic E-state index is 14.4. The predicted octanol–water partition coefficient (Wildman–Crippen LogP) is 5.04. The summed E-state index contributed by atoms with van der Waals surface area (Å²) >= 11 is 0. The van der Waals surface area contributed by atoms with Crippen LogP contribution >= 0.6 is 0 Å². The Balaban J connectivity index is 1.07.